The highest BCUT2D eigenvalue weighted by Crippen LogP contribution is 2.22. The van der Waals surface area contributed by atoms with Crippen LogP contribution in [0, 0.1) is 26.7 Å². The molecular formula is C18H30N2O3S. The first-order valence-corrected chi connectivity index (χ1v) is 10.1. The number of nitrogens with zero attached hydrogens (tertiary/aromatic N) is 1. The summed E-state index contributed by atoms with van der Waals surface area (Å²) in [4.78, 5) is 2.74. The fourth-order valence-corrected chi connectivity index (χ4v) is 5.05. The fourth-order valence-electron chi connectivity index (χ4n) is 3.55. The van der Waals surface area contributed by atoms with Gasteiger partial charge in [0.05, 0.1) is 18.1 Å². The maximum absolute atomic E-state index is 12.8. The van der Waals surface area contributed by atoms with Crippen LogP contribution >= 0.6 is 0 Å². The van der Waals surface area contributed by atoms with Crippen LogP contribution in [0.3, 0.4) is 0 Å². The minimum absolute atomic E-state index is 0.176. The van der Waals surface area contributed by atoms with E-state index in [2.05, 4.69) is 23.5 Å². The van der Waals surface area contributed by atoms with Crippen molar-refractivity contribution in [2.24, 2.45) is 5.92 Å². The van der Waals surface area contributed by atoms with Crippen LogP contribution in [0.15, 0.2) is 17.0 Å². The number of hydrogen-bond donors (Lipinski definition) is 1. The molecule has 136 valence electrons. The van der Waals surface area contributed by atoms with Crippen molar-refractivity contribution in [2.75, 3.05) is 32.8 Å². The number of hydrogen-bond acceptors (Lipinski definition) is 4. The van der Waals surface area contributed by atoms with E-state index in [-0.39, 0.29) is 6.04 Å². The zero-order valence-corrected chi connectivity index (χ0v) is 16.2. The van der Waals surface area contributed by atoms with Gasteiger partial charge in [-0.3, -0.25) is 4.90 Å². The van der Waals surface area contributed by atoms with Crippen LogP contribution in [0.2, 0.25) is 0 Å². The van der Waals surface area contributed by atoms with Gasteiger partial charge in [0.2, 0.25) is 10.0 Å². The summed E-state index contributed by atoms with van der Waals surface area (Å²) in [5.41, 5.74) is 2.68. The number of aryl methyl sites for hydroxylation is 3. The average molecular weight is 355 g/mol. The van der Waals surface area contributed by atoms with Gasteiger partial charge in [0.25, 0.3) is 0 Å². The molecule has 24 heavy (non-hydrogen) atoms. The molecule has 5 nitrogen and oxygen atoms in total. The SMILES string of the molecule is Cc1cc(C)c(S(=O)(=O)NC[C@H](C(C)C)N2CCOCC2)c(C)c1. The van der Waals surface area contributed by atoms with Gasteiger partial charge in [-0.2, -0.15) is 0 Å². The summed E-state index contributed by atoms with van der Waals surface area (Å²) in [6.07, 6.45) is 0. The highest BCUT2D eigenvalue weighted by atomic mass is 32.2. The first-order chi connectivity index (χ1) is 11.2. The molecule has 1 N–H and O–H groups in total. The highest BCUT2D eigenvalue weighted by Gasteiger charge is 2.27. The molecule has 0 unspecified atom stereocenters. The number of nitrogens with one attached hydrogen (secondary N) is 1. The van der Waals surface area contributed by atoms with E-state index in [9.17, 15) is 8.42 Å². The number of morpholine rings is 1. The molecule has 1 saturated heterocycles. The van der Waals surface area contributed by atoms with Gasteiger partial charge >= 0.3 is 0 Å². The lowest BCUT2D eigenvalue weighted by molar-refractivity contribution is 0.00776. The van der Waals surface area contributed by atoms with Crippen molar-refractivity contribution in [2.45, 2.75) is 45.6 Å². The van der Waals surface area contributed by atoms with Crippen LogP contribution in [0.5, 0.6) is 0 Å². The molecule has 6 heteroatoms. The Hall–Kier alpha value is -0.950. The van der Waals surface area contributed by atoms with Crippen molar-refractivity contribution in [3.05, 3.63) is 28.8 Å². The molecule has 1 heterocycles. The Balaban J connectivity index is 2.16. The topological polar surface area (TPSA) is 58.6 Å². The monoisotopic (exact) mass is 354 g/mol. The second kappa shape index (κ2) is 7.95. The average Bonchev–Trinajstić information content (AvgIpc) is 2.46. The predicted octanol–water partition coefficient (Wildman–Crippen LogP) is 2.25. The summed E-state index contributed by atoms with van der Waals surface area (Å²) in [5, 5.41) is 0. The first-order valence-electron chi connectivity index (χ1n) is 8.61. The molecule has 2 rings (SSSR count). The molecule has 1 fully saturated rings. The Kier molecular flexibility index (Phi) is 6.42. The lowest BCUT2D eigenvalue weighted by Crippen LogP contribution is -2.51. The Morgan fingerprint density at radius 2 is 1.67 bits per heavy atom. The van der Waals surface area contributed by atoms with E-state index in [1.165, 1.54) is 0 Å². The largest absolute Gasteiger partial charge is 0.379 e. The van der Waals surface area contributed by atoms with E-state index in [1.54, 1.807) is 0 Å². The lowest BCUT2D eigenvalue weighted by atomic mass is 10.0. The number of rotatable bonds is 6. The predicted molar refractivity (Wildman–Crippen MR) is 96.9 cm³/mol. The van der Waals surface area contributed by atoms with Crippen LogP contribution in [0.4, 0.5) is 0 Å². The second-order valence-corrected chi connectivity index (χ2v) is 8.74. The second-order valence-electron chi connectivity index (χ2n) is 7.04. The summed E-state index contributed by atoms with van der Waals surface area (Å²) in [6, 6.07) is 4.02. The van der Waals surface area contributed by atoms with Crippen LogP contribution in [-0.2, 0) is 14.8 Å². The van der Waals surface area contributed by atoms with Gasteiger partial charge in [-0.15, -0.1) is 0 Å². The molecule has 0 spiro atoms. The molecule has 0 saturated carbocycles. The summed E-state index contributed by atoms with van der Waals surface area (Å²) in [5.74, 6) is 0.367. The molecule has 0 aliphatic carbocycles. The smallest absolute Gasteiger partial charge is 0.241 e. The molecule has 1 aromatic rings. The minimum atomic E-state index is -3.51. The van der Waals surface area contributed by atoms with Crippen LogP contribution in [0.1, 0.15) is 30.5 Å². The van der Waals surface area contributed by atoms with Crippen molar-refractivity contribution in [1.29, 1.82) is 0 Å². The van der Waals surface area contributed by atoms with Crippen molar-refractivity contribution in [1.82, 2.24) is 9.62 Å². The standard InChI is InChI=1S/C18H30N2O3S/c1-13(2)17(20-6-8-23-9-7-20)12-19-24(21,22)18-15(4)10-14(3)11-16(18)5/h10-11,13,17,19H,6-9,12H2,1-5H3/t17-/m1/s1. The van der Waals surface area contributed by atoms with E-state index in [1.807, 2.05) is 32.9 Å². The quantitative estimate of drug-likeness (QED) is 0.851. The maximum atomic E-state index is 12.8. The van der Waals surface area contributed by atoms with Crippen molar-refractivity contribution in [3.8, 4) is 0 Å². The number of ether oxygens (including phenoxy) is 1. The van der Waals surface area contributed by atoms with E-state index in [0.717, 1.165) is 29.8 Å². The zero-order chi connectivity index (χ0) is 17.9. The van der Waals surface area contributed by atoms with E-state index < -0.39 is 10.0 Å². The first kappa shape index (κ1) is 19.4. The van der Waals surface area contributed by atoms with E-state index >= 15 is 0 Å². The molecule has 0 aromatic heterocycles. The van der Waals surface area contributed by atoms with Gasteiger partial charge in [-0.05, 0) is 37.8 Å². The third-order valence-corrected chi connectivity index (χ3v) is 6.37. The minimum Gasteiger partial charge on any atom is -0.379 e. The highest BCUT2D eigenvalue weighted by molar-refractivity contribution is 7.89. The van der Waals surface area contributed by atoms with Crippen LogP contribution < -0.4 is 4.72 Å². The van der Waals surface area contributed by atoms with Gasteiger partial charge < -0.3 is 4.74 Å². The Morgan fingerprint density at radius 3 is 2.17 bits per heavy atom. The van der Waals surface area contributed by atoms with Gasteiger partial charge in [-0.25, -0.2) is 13.1 Å². The van der Waals surface area contributed by atoms with Gasteiger partial charge in [0.15, 0.2) is 0 Å². The molecule has 0 radical (unpaired) electrons. The molecule has 1 aromatic carbocycles. The summed E-state index contributed by atoms with van der Waals surface area (Å²) >= 11 is 0. The summed E-state index contributed by atoms with van der Waals surface area (Å²) in [6.45, 7) is 13.5. The Labute approximate surface area is 146 Å². The van der Waals surface area contributed by atoms with Crippen molar-refractivity contribution < 1.29 is 13.2 Å². The van der Waals surface area contributed by atoms with Crippen LogP contribution in [-0.4, -0.2) is 52.2 Å². The maximum Gasteiger partial charge on any atom is 0.241 e. The molecular weight excluding hydrogens is 324 g/mol. The Bertz CT molecular complexity index is 642. The molecule has 1 aliphatic rings. The summed E-state index contributed by atoms with van der Waals surface area (Å²) < 4.78 is 33.9. The van der Waals surface area contributed by atoms with E-state index in [0.29, 0.717) is 30.6 Å². The van der Waals surface area contributed by atoms with Crippen LogP contribution in [0.25, 0.3) is 0 Å². The molecule has 1 atom stereocenters. The normalized spacial score (nSPS) is 18.1. The van der Waals surface area contributed by atoms with Crippen molar-refractivity contribution >= 4 is 10.0 Å². The summed E-state index contributed by atoms with van der Waals surface area (Å²) in [7, 11) is -3.51. The van der Waals surface area contributed by atoms with Gasteiger partial charge in [0, 0.05) is 25.7 Å². The zero-order valence-electron chi connectivity index (χ0n) is 15.4. The fraction of sp³-hybridized carbons (Fsp3) is 0.667. The molecule has 0 bridgehead atoms. The number of benzene rings is 1. The lowest BCUT2D eigenvalue weighted by Gasteiger charge is -2.37. The Morgan fingerprint density at radius 1 is 1.12 bits per heavy atom. The molecule has 1 aliphatic heterocycles. The third kappa shape index (κ3) is 4.57. The van der Waals surface area contributed by atoms with Gasteiger partial charge in [0.1, 0.15) is 0 Å². The van der Waals surface area contributed by atoms with Crippen molar-refractivity contribution in [3.63, 3.8) is 0 Å². The number of sulfonamides is 1. The van der Waals surface area contributed by atoms with Gasteiger partial charge in [-0.1, -0.05) is 31.5 Å². The third-order valence-electron chi connectivity index (χ3n) is 4.64. The molecule has 0 amide bonds. The van der Waals surface area contributed by atoms with E-state index in [4.69, 9.17) is 4.74 Å².